The number of carbonyl (C=O) groups is 1. The van der Waals surface area contributed by atoms with Crippen molar-refractivity contribution in [1.82, 2.24) is 15.3 Å². The molecule has 3 rings (SSSR count). The van der Waals surface area contributed by atoms with E-state index >= 15 is 0 Å². The summed E-state index contributed by atoms with van der Waals surface area (Å²) in [5, 5.41) is 5.17. The van der Waals surface area contributed by atoms with Crippen LogP contribution in [0.5, 0.6) is 0 Å². The molecule has 1 heterocycles. The van der Waals surface area contributed by atoms with Gasteiger partial charge in [0.05, 0.1) is 5.69 Å². The minimum atomic E-state index is -1.60. The van der Waals surface area contributed by atoms with Gasteiger partial charge in [-0.3, -0.25) is 4.79 Å². The number of hydrogen-bond acceptors (Lipinski definition) is 4. The van der Waals surface area contributed by atoms with Crippen LogP contribution in [0.2, 0.25) is 0 Å². The second-order valence-corrected chi connectivity index (χ2v) is 5.72. The maximum atomic E-state index is 13.7. The highest BCUT2D eigenvalue weighted by molar-refractivity contribution is 5.92. The van der Waals surface area contributed by atoms with E-state index in [0.717, 1.165) is 23.3 Å². The van der Waals surface area contributed by atoms with Crippen molar-refractivity contribution in [3.63, 3.8) is 0 Å². The Labute approximate surface area is 153 Å². The van der Waals surface area contributed by atoms with Crippen LogP contribution in [0, 0.1) is 24.4 Å². The van der Waals surface area contributed by atoms with Crippen LogP contribution in [0.3, 0.4) is 0 Å². The SMILES string of the molecule is Cc1ccccc1CNC(=O)c1ccnc(Nc2ccc(F)c(F)c2F)n1. The van der Waals surface area contributed by atoms with E-state index in [-0.39, 0.29) is 17.3 Å². The summed E-state index contributed by atoms with van der Waals surface area (Å²) in [6.07, 6.45) is 1.30. The summed E-state index contributed by atoms with van der Waals surface area (Å²) < 4.78 is 40.0. The molecule has 2 N–H and O–H groups in total. The Morgan fingerprint density at radius 2 is 1.81 bits per heavy atom. The van der Waals surface area contributed by atoms with Crippen molar-refractivity contribution in [1.29, 1.82) is 0 Å². The molecule has 2 aromatic carbocycles. The Hall–Kier alpha value is -3.42. The first-order valence-electron chi connectivity index (χ1n) is 8.02. The molecule has 1 aromatic heterocycles. The van der Waals surface area contributed by atoms with E-state index in [0.29, 0.717) is 6.54 Å². The number of halogens is 3. The second kappa shape index (κ2) is 7.86. The zero-order valence-corrected chi connectivity index (χ0v) is 14.3. The number of amides is 1. The van der Waals surface area contributed by atoms with Crippen molar-refractivity contribution in [2.75, 3.05) is 5.32 Å². The monoisotopic (exact) mass is 372 g/mol. The van der Waals surface area contributed by atoms with Crippen molar-refractivity contribution >= 4 is 17.5 Å². The maximum absolute atomic E-state index is 13.7. The molecular weight excluding hydrogens is 357 g/mol. The Bertz CT molecular complexity index is 994. The molecule has 8 heteroatoms. The molecule has 0 saturated heterocycles. The van der Waals surface area contributed by atoms with Gasteiger partial charge in [0.25, 0.3) is 5.91 Å². The fourth-order valence-corrected chi connectivity index (χ4v) is 2.36. The fourth-order valence-electron chi connectivity index (χ4n) is 2.36. The highest BCUT2D eigenvalue weighted by Gasteiger charge is 2.15. The second-order valence-electron chi connectivity index (χ2n) is 5.72. The normalized spacial score (nSPS) is 10.5. The third-order valence-corrected chi connectivity index (χ3v) is 3.87. The molecule has 138 valence electrons. The minimum Gasteiger partial charge on any atom is -0.347 e. The molecule has 0 unspecified atom stereocenters. The van der Waals surface area contributed by atoms with E-state index in [1.807, 2.05) is 31.2 Å². The van der Waals surface area contributed by atoms with Gasteiger partial charge in [-0.2, -0.15) is 0 Å². The first-order chi connectivity index (χ1) is 13.0. The lowest BCUT2D eigenvalue weighted by molar-refractivity contribution is 0.0946. The van der Waals surface area contributed by atoms with Crippen LogP contribution in [-0.4, -0.2) is 15.9 Å². The third-order valence-electron chi connectivity index (χ3n) is 3.87. The molecule has 0 aliphatic heterocycles. The summed E-state index contributed by atoms with van der Waals surface area (Å²) in [5.74, 6) is -4.87. The zero-order chi connectivity index (χ0) is 19.4. The van der Waals surface area contributed by atoms with Gasteiger partial charge < -0.3 is 10.6 Å². The molecule has 0 radical (unpaired) electrons. The van der Waals surface area contributed by atoms with Crippen LogP contribution in [0.15, 0.2) is 48.7 Å². The summed E-state index contributed by atoms with van der Waals surface area (Å²) >= 11 is 0. The molecule has 0 fully saturated rings. The van der Waals surface area contributed by atoms with Crippen LogP contribution in [0.4, 0.5) is 24.8 Å². The Morgan fingerprint density at radius 3 is 2.59 bits per heavy atom. The topological polar surface area (TPSA) is 66.9 Å². The summed E-state index contributed by atoms with van der Waals surface area (Å²) in [6, 6.07) is 10.8. The maximum Gasteiger partial charge on any atom is 0.270 e. The zero-order valence-electron chi connectivity index (χ0n) is 14.3. The van der Waals surface area contributed by atoms with Gasteiger partial charge in [-0.15, -0.1) is 0 Å². The van der Waals surface area contributed by atoms with E-state index in [9.17, 15) is 18.0 Å². The smallest absolute Gasteiger partial charge is 0.270 e. The lowest BCUT2D eigenvalue weighted by atomic mass is 10.1. The number of carbonyl (C=O) groups excluding carboxylic acids is 1. The van der Waals surface area contributed by atoms with Crippen LogP contribution < -0.4 is 10.6 Å². The number of anilines is 2. The average Bonchev–Trinajstić information content (AvgIpc) is 2.68. The van der Waals surface area contributed by atoms with Gasteiger partial charge in [-0.1, -0.05) is 24.3 Å². The van der Waals surface area contributed by atoms with Crippen molar-refractivity contribution in [2.45, 2.75) is 13.5 Å². The van der Waals surface area contributed by atoms with Crippen LogP contribution in [-0.2, 0) is 6.54 Å². The van der Waals surface area contributed by atoms with Gasteiger partial charge in [0.2, 0.25) is 5.95 Å². The van der Waals surface area contributed by atoms with Crippen molar-refractivity contribution in [3.05, 3.63) is 82.9 Å². The van der Waals surface area contributed by atoms with E-state index in [4.69, 9.17) is 0 Å². The molecule has 5 nitrogen and oxygen atoms in total. The number of benzene rings is 2. The largest absolute Gasteiger partial charge is 0.347 e. The summed E-state index contributed by atoms with van der Waals surface area (Å²) in [6.45, 7) is 2.25. The molecule has 0 aliphatic carbocycles. The number of nitrogens with one attached hydrogen (secondary N) is 2. The number of aromatic nitrogens is 2. The molecule has 0 atom stereocenters. The molecular formula is C19H15F3N4O. The molecule has 1 amide bonds. The quantitative estimate of drug-likeness (QED) is 0.667. The molecule has 0 saturated carbocycles. The standard InChI is InChI=1S/C19H15F3N4O/c1-11-4-2-3-5-12(11)10-24-18(27)15-8-9-23-19(26-15)25-14-7-6-13(20)16(21)17(14)22/h2-9H,10H2,1H3,(H,24,27)(H,23,25,26). The van der Waals surface area contributed by atoms with Crippen LogP contribution in [0.25, 0.3) is 0 Å². The number of hydrogen-bond donors (Lipinski definition) is 2. The minimum absolute atomic E-state index is 0.0454. The van der Waals surface area contributed by atoms with Crippen molar-refractivity contribution < 1.29 is 18.0 Å². The summed E-state index contributed by atoms with van der Waals surface area (Å²) in [7, 11) is 0. The van der Waals surface area contributed by atoms with Crippen molar-refractivity contribution in [2.24, 2.45) is 0 Å². The average molecular weight is 372 g/mol. The Kier molecular flexibility index (Phi) is 5.35. The molecule has 0 spiro atoms. The summed E-state index contributed by atoms with van der Waals surface area (Å²) in [5.41, 5.74) is 1.70. The predicted octanol–water partition coefficient (Wildman–Crippen LogP) is 3.88. The van der Waals surface area contributed by atoms with Gasteiger partial charge in [0, 0.05) is 12.7 Å². The first-order valence-corrected chi connectivity index (χ1v) is 8.02. The van der Waals surface area contributed by atoms with E-state index in [2.05, 4.69) is 20.6 Å². The third kappa shape index (κ3) is 4.22. The lowest BCUT2D eigenvalue weighted by Crippen LogP contribution is -2.24. The number of nitrogens with zero attached hydrogens (tertiary/aromatic N) is 2. The Balaban J connectivity index is 1.73. The van der Waals surface area contributed by atoms with E-state index in [1.54, 1.807) is 0 Å². The lowest BCUT2D eigenvalue weighted by Gasteiger charge is -2.09. The van der Waals surface area contributed by atoms with Crippen LogP contribution in [0.1, 0.15) is 21.6 Å². The van der Waals surface area contributed by atoms with Gasteiger partial charge >= 0.3 is 0 Å². The van der Waals surface area contributed by atoms with Gasteiger partial charge in [-0.25, -0.2) is 23.1 Å². The number of rotatable bonds is 5. The highest BCUT2D eigenvalue weighted by Crippen LogP contribution is 2.22. The van der Waals surface area contributed by atoms with Gasteiger partial charge in [0.1, 0.15) is 5.69 Å². The molecule has 0 bridgehead atoms. The van der Waals surface area contributed by atoms with E-state index < -0.39 is 23.4 Å². The van der Waals surface area contributed by atoms with E-state index in [1.165, 1.54) is 12.3 Å². The predicted molar refractivity (Wildman–Crippen MR) is 94.0 cm³/mol. The molecule has 0 aliphatic rings. The molecule has 3 aromatic rings. The highest BCUT2D eigenvalue weighted by atomic mass is 19.2. The van der Waals surface area contributed by atoms with Crippen LogP contribution >= 0.6 is 0 Å². The molecule has 27 heavy (non-hydrogen) atoms. The fraction of sp³-hybridized carbons (Fsp3) is 0.105. The first kappa shape index (κ1) is 18.4. The van der Waals surface area contributed by atoms with Crippen molar-refractivity contribution in [3.8, 4) is 0 Å². The number of aryl methyl sites for hydroxylation is 1. The summed E-state index contributed by atoms with van der Waals surface area (Å²) in [4.78, 5) is 20.1. The Morgan fingerprint density at radius 1 is 1.04 bits per heavy atom. The van der Waals surface area contributed by atoms with Gasteiger partial charge in [-0.05, 0) is 36.2 Å². The van der Waals surface area contributed by atoms with Gasteiger partial charge in [0.15, 0.2) is 17.5 Å².